The predicted molar refractivity (Wildman–Crippen MR) is 109 cm³/mol. The van der Waals surface area contributed by atoms with Crippen LogP contribution >= 0.6 is 11.3 Å². The van der Waals surface area contributed by atoms with Gasteiger partial charge in [-0.1, -0.05) is 6.07 Å². The second-order valence-electron chi connectivity index (χ2n) is 6.54. The average Bonchev–Trinajstić information content (AvgIpc) is 3.42. The van der Waals surface area contributed by atoms with Crippen molar-refractivity contribution in [3.63, 3.8) is 0 Å². The molecule has 0 aromatic carbocycles. The second-order valence-corrected chi connectivity index (χ2v) is 7.52. The molecular formula is C19H30N6S. The van der Waals surface area contributed by atoms with Crippen LogP contribution < -0.4 is 10.6 Å². The lowest BCUT2D eigenvalue weighted by molar-refractivity contribution is 0.255. The molecule has 1 unspecified atom stereocenters. The zero-order valence-electron chi connectivity index (χ0n) is 15.6. The Balaban J connectivity index is 1.53. The average molecular weight is 375 g/mol. The van der Waals surface area contributed by atoms with Gasteiger partial charge in [0, 0.05) is 36.9 Å². The van der Waals surface area contributed by atoms with Gasteiger partial charge in [0.2, 0.25) is 0 Å². The number of guanidine groups is 1. The maximum Gasteiger partial charge on any atom is 0.191 e. The summed E-state index contributed by atoms with van der Waals surface area (Å²) in [5.74, 6) is 0.911. The van der Waals surface area contributed by atoms with Gasteiger partial charge in [-0.25, -0.2) is 0 Å². The molecule has 3 rings (SSSR count). The van der Waals surface area contributed by atoms with Crippen molar-refractivity contribution in [1.29, 1.82) is 0 Å². The molecule has 1 atom stereocenters. The Bertz CT molecular complexity index is 631. The zero-order chi connectivity index (χ0) is 18.0. The van der Waals surface area contributed by atoms with E-state index in [1.165, 1.54) is 30.8 Å². The van der Waals surface area contributed by atoms with E-state index < -0.39 is 0 Å². The van der Waals surface area contributed by atoms with Gasteiger partial charge in [-0.2, -0.15) is 5.10 Å². The normalized spacial score (nSPS) is 16.7. The number of likely N-dealkylation sites (tertiary alicyclic amines) is 1. The van der Waals surface area contributed by atoms with Gasteiger partial charge < -0.3 is 10.6 Å². The van der Waals surface area contributed by atoms with Crippen molar-refractivity contribution in [2.24, 2.45) is 4.99 Å². The molecule has 2 N–H and O–H groups in total. The summed E-state index contributed by atoms with van der Waals surface area (Å²) in [5, 5.41) is 13.2. The van der Waals surface area contributed by atoms with Crippen molar-refractivity contribution in [3.8, 4) is 0 Å². The lowest BCUT2D eigenvalue weighted by atomic mass is 10.2. The van der Waals surface area contributed by atoms with E-state index in [0.29, 0.717) is 6.04 Å². The van der Waals surface area contributed by atoms with Gasteiger partial charge in [-0.05, 0) is 56.8 Å². The number of rotatable bonds is 9. The third kappa shape index (κ3) is 5.57. The fourth-order valence-electron chi connectivity index (χ4n) is 3.32. The number of aliphatic imine (C=N–C) groups is 1. The number of hydrogen-bond acceptors (Lipinski definition) is 4. The zero-order valence-corrected chi connectivity index (χ0v) is 16.4. The molecule has 0 bridgehead atoms. The summed E-state index contributed by atoms with van der Waals surface area (Å²) in [7, 11) is 0. The minimum absolute atomic E-state index is 0.400. The minimum Gasteiger partial charge on any atom is -0.357 e. The quantitative estimate of drug-likeness (QED) is 0.403. The first kappa shape index (κ1) is 18.9. The molecule has 26 heavy (non-hydrogen) atoms. The van der Waals surface area contributed by atoms with Crippen molar-refractivity contribution in [3.05, 3.63) is 40.8 Å². The summed E-state index contributed by atoms with van der Waals surface area (Å²) in [6.45, 7) is 7.97. The van der Waals surface area contributed by atoms with Crippen molar-refractivity contribution < 1.29 is 0 Å². The second kappa shape index (κ2) is 10.3. The van der Waals surface area contributed by atoms with Gasteiger partial charge >= 0.3 is 0 Å². The predicted octanol–water partition coefficient (Wildman–Crippen LogP) is 2.73. The summed E-state index contributed by atoms with van der Waals surface area (Å²) in [6.07, 6.45) is 7.45. The smallest absolute Gasteiger partial charge is 0.191 e. The molecule has 2 aromatic heterocycles. The number of thiophene rings is 1. The summed E-state index contributed by atoms with van der Waals surface area (Å²) in [5.41, 5.74) is 0. The molecule has 6 nitrogen and oxygen atoms in total. The van der Waals surface area contributed by atoms with Crippen LogP contribution in [-0.4, -0.2) is 53.4 Å². The van der Waals surface area contributed by atoms with E-state index in [1.54, 1.807) is 0 Å². The van der Waals surface area contributed by atoms with Crippen LogP contribution in [0, 0.1) is 0 Å². The Morgan fingerprint density at radius 3 is 2.88 bits per heavy atom. The van der Waals surface area contributed by atoms with Gasteiger partial charge in [0.25, 0.3) is 0 Å². The molecule has 7 heteroatoms. The number of aromatic nitrogens is 2. The van der Waals surface area contributed by atoms with E-state index in [1.807, 2.05) is 34.5 Å². The highest BCUT2D eigenvalue weighted by Crippen LogP contribution is 2.28. The molecule has 3 heterocycles. The van der Waals surface area contributed by atoms with E-state index in [4.69, 9.17) is 4.99 Å². The van der Waals surface area contributed by atoms with Crippen LogP contribution in [0.15, 0.2) is 41.0 Å². The number of aryl methyl sites for hydroxylation is 1. The van der Waals surface area contributed by atoms with Crippen LogP contribution in [0.25, 0.3) is 0 Å². The van der Waals surface area contributed by atoms with E-state index in [-0.39, 0.29) is 0 Å². The lowest BCUT2D eigenvalue weighted by Crippen LogP contribution is -2.39. The van der Waals surface area contributed by atoms with Crippen molar-refractivity contribution >= 4 is 17.3 Å². The van der Waals surface area contributed by atoms with Crippen LogP contribution in [0.3, 0.4) is 0 Å². The molecule has 2 aromatic rings. The third-order valence-electron chi connectivity index (χ3n) is 4.64. The Hall–Kier alpha value is -1.86. The van der Waals surface area contributed by atoms with E-state index >= 15 is 0 Å². The minimum atomic E-state index is 0.400. The highest BCUT2D eigenvalue weighted by Gasteiger charge is 2.24. The molecule has 0 saturated carbocycles. The van der Waals surface area contributed by atoms with E-state index in [2.05, 4.69) is 45.1 Å². The molecule has 0 radical (unpaired) electrons. The maximum atomic E-state index is 4.89. The van der Waals surface area contributed by atoms with E-state index in [9.17, 15) is 0 Å². The Morgan fingerprint density at radius 2 is 2.19 bits per heavy atom. The lowest BCUT2D eigenvalue weighted by Gasteiger charge is -2.25. The molecule has 1 fully saturated rings. The van der Waals surface area contributed by atoms with Crippen molar-refractivity contribution in [2.45, 2.75) is 38.8 Å². The number of nitrogens with one attached hydrogen (secondary N) is 2. The highest BCUT2D eigenvalue weighted by molar-refractivity contribution is 7.10. The highest BCUT2D eigenvalue weighted by atomic mass is 32.1. The monoisotopic (exact) mass is 374 g/mol. The van der Waals surface area contributed by atoms with Gasteiger partial charge in [-0.3, -0.25) is 14.6 Å². The molecule has 1 aliphatic heterocycles. The largest absolute Gasteiger partial charge is 0.357 e. The standard InChI is InChI=1S/C19H30N6S/c1-2-20-19(21-9-6-13-25-14-7-10-23-25)22-16-17(18-8-5-15-26-18)24-11-3-4-12-24/h5,7-8,10,14-15,17H,2-4,6,9,11-13,16H2,1H3,(H2,20,21,22). The number of nitrogens with zero attached hydrogens (tertiary/aromatic N) is 4. The number of hydrogen-bond donors (Lipinski definition) is 2. The van der Waals surface area contributed by atoms with Gasteiger partial charge in [0.05, 0.1) is 12.6 Å². The Morgan fingerprint density at radius 1 is 1.31 bits per heavy atom. The summed E-state index contributed by atoms with van der Waals surface area (Å²) in [6, 6.07) is 6.75. The molecule has 142 valence electrons. The van der Waals surface area contributed by atoms with Crippen molar-refractivity contribution in [1.82, 2.24) is 25.3 Å². The fraction of sp³-hybridized carbons (Fsp3) is 0.579. The first-order chi connectivity index (χ1) is 12.9. The molecule has 0 amide bonds. The van der Waals surface area contributed by atoms with Gasteiger partial charge in [-0.15, -0.1) is 11.3 Å². The van der Waals surface area contributed by atoms with Crippen LogP contribution in [0.1, 0.15) is 37.1 Å². The van der Waals surface area contributed by atoms with Crippen LogP contribution in [0.2, 0.25) is 0 Å². The molecule has 1 saturated heterocycles. The van der Waals surface area contributed by atoms with Gasteiger partial charge in [0.15, 0.2) is 5.96 Å². The summed E-state index contributed by atoms with van der Waals surface area (Å²) < 4.78 is 1.96. The van der Waals surface area contributed by atoms with Crippen LogP contribution in [-0.2, 0) is 6.54 Å². The summed E-state index contributed by atoms with van der Waals surface area (Å²) in [4.78, 5) is 8.89. The SMILES string of the molecule is CCNC(=NCC(c1cccs1)N1CCCC1)NCCCn1cccn1. The molecular weight excluding hydrogens is 344 g/mol. The maximum absolute atomic E-state index is 4.89. The topological polar surface area (TPSA) is 57.5 Å². The first-order valence-electron chi connectivity index (χ1n) is 9.64. The Kier molecular flexibility index (Phi) is 7.51. The first-order valence-corrected chi connectivity index (χ1v) is 10.5. The molecule has 1 aliphatic rings. The summed E-state index contributed by atoms with van der Waals surface area (Å²) >= 11 is 1.84. The third-order valence-corrected chi connectivity index (χ3v) is 5.61. The Labute approximate surface area is 160 Å². The molecule has 0 aliphatic carbocycles. The fourth-order valence-corrected chi connectivity index (χ4v) is 4.17. The van der Waals surface area contributed by atoms with Crippen molar-refractivity contribution in [2.75, 3.05) is 32.7 Å². The molecule has 0 spiro atoms. The van der Waals surface area contributed by atoms with Gasteiger partial charge in [0.1, 0.15) is 0 Å². The van der Waals surface area contributed by atoms with E-state index in [0.717, 1.165) is 38.6 Å². The van der Waals surface area contributed by atoms with Crippen LogP contribution in [0.5, 0.6) is 0 Å². The van der Waals surface area contributed by atoms with Crippen LogP contribution in [0.4, 0.5) is 0 Å².